The summed E-state index contributed by atoms with van der Waals surface area (Å²) in [4.78, 5) is 0. The van der Waals surface area contributed by atoms with Crippen molar-refractivity contribution in [2.75, 3.05) is 5.32 Å². The molecule has 0 saturated carbocycles. The first-order chi connectivity index (χ1) is 7.16. The second-order valence-electron chi connectivity index (χ2n) is 3.22. The van der Waals surface area contributed by atoms with Crippen LogP contribution in [-0.4, -0.2) is 0 Å². The first kappa shape index (κ1) is 11.2. The van der Waals surface area contributed by atoms with Crippen molar-refractivity contribution in [2.24, 2.45) is 0 Å². The molecule has 0 unspecified atom stereocenters. The molecule has 0 amide bonds. The topological polar surface area (TPSA) is 12.0 Å². The summed E-state index contributed by atoms with van der Waals surface area (Å²) in [6.45, 7) is 2.10. The second kappa shape index (κ2) is 4.68. The van der Waals surface area contributed by atoms with E-state index in [-0.39, 0.29) is 0 Å². The molecule has 1 aromatic heterocycles. The van der Waals surface area contributed by atoms with E-state index in [1.807, 2.05) is 18.2 Å². The fourth-order valence-corrected chi connectivity index (χ4v) is 3.15. The molecule has 1 nitrogen and oxygen atoms in total. The van der Waals surface area contributed by atoms with E-state index in [1.165, 1.54) is 11.3 Å². The van der Waals surface area contributed by atoms with Crippen LogP contribution < -0.4 is 5.32 Å². The number of hydrogen-bond donors (Lipinski definition) is 1. The highest BCUT2D eigenvalue weighted by Gasteiger charge is 2.03. The number of anilines is 2. The molecule has 2 aromatic rings. The van der Waals surface area contributed by atoms with Gasteiger partial charge in [-0.25, -0.2) is 0 Å². The molecule has 1 N–H and O–H groups in total. The Morgan fingerprint density at radius 1 is 1.13 bits per heavy atom. The van der Waals surface area contributed by atoms with Gasteiger partial charge in [-0.3, -0.25) is 0 Å². The molecule has 1 heterocycles. The van der Waals surface area contributed by atoms with Crippen LogP contribution in [0.3, 0.4) is 0 Å². The largest absolute Gasteiger partial charge is 0.354 e. The minimum absolute atomic E-state index is 1.06. The number of rotatable bonds is 2. The van der Waals surface area contributed by atoms with Crippen molar-refractivity contribution in [3.8, 4) is 0 Å². The molecule has 1 aromatic carbocycles. The minimum atomic E-state index is 1.06. The average molecular weight is 347 g/mol. The number of halogens is 2. The molecule has 0 saturated heterocycles. The number of nitrogens with one attached hydrogen (secondary N) is 1. The van der Waals surface area contributed by atoms with E-state index in [1.54, 1.807) is 11.3 Å². The van der Waals surface area contributed by atoms with E-state index in [2.05, 4.69) is 54.9 Å². The highest BCUT2D eigenvalue weighted by atomic mass is 79.9. The SMILES string of the molecule is Cc1cscc1Nc1ccc(Br)cc1Br. The van der Waals surface area contributed by atoms with Crippen LogP contribution in [0.4, 0.5) is 11.4 Å². The number of benzene rings is 1. The molecule has 0 fully saturated rings. The summed E-state index contributed by atoms with van der Waals surface area (Å²) in [5.74, 6) is 0. The monoisotopic (exact) mass is 345 g/mol. The van der Waals surface area contributed by atoms with E-state index in [9.17, 15) is 0 Å². The molecule has 15 heavy (non-hydrogen) atoms. The Bertz CT molecular complexity index is 479. The van der Waals surface area contributed by atoms with Crippen molar-refractivity contribution in [1.29, 1.82) is 0 Å². The fraction of sp³-hybridized carbons (Fsp3) is 0.0909. The van der Waals surface area contributed by atoms with Gasteiger partial charge in [-0.05, 0) is 52.0 Å². The molecule has 0 atom stereocenters. The lowest BCUT2D eigenvalue weighted by atomic mass is 10.3. The van der Waals surface area contributed by atoms with Crippen LogP contribution >= 0.6 is 43.2 Å². The molecule has 4 heteroatoms. The van der Waals surface area contributed by atoms with E-state index < -0.39 is 0 Å². The van der Waals surface area contributed by atoms with Crippen molar-refractivity contribution >= 4 is 54.6 Å². The zero-order valence-corrected chi connectivity index (χ0v) is 12.0. The van der Waals surface area contributed by atoms with Gasteiger partial charge >= 0.3 is 0 Å². The predicted octanol–water partition coefficient (Wildman–Crippen LogP) is 5.33. The van der Waals surface area contributed by atoms with Crippen molar-refractivity contribution in [2.45, 2.75) is 6.92 Å². The Morgan fingerprint density at radius 2 is 1.93 bits per heavy atom. The summed E-state index contributed by atoms with van der Waals surface area (Å²) in [5, 5.41) is 7.64. The first-order valence-electron chi connectivity index (χ1n) is 4.41. The maximum Gasteiger partial charge on any atom is 0.0529 e. The van der Waals surface area contributed by atoms with Gasteiger partial charge in [-0.1, -0.05) is 15.9 Å². The molecule has 78 valence electrons. The van der Waals surface area contributed by atoms with Crippen molar-refractivity contribution in [3.05, 3.63) is 43.5 Å². The number of aryl methyl sites for hydroxylation is 1. The van der Waals surface area contributed by atoms with Gasteiger partial charge in [0.25, 0.3) is 0 Å². The highest BCUT2D eigenvalue weighted by molar-refractivity contribution is 9.11. The third kappa shape index (κ3) is 2.62. The van der Waals surface area contributed by atoms with Gasteiger partial charge in [0.1, 0.15) is 0 Å². The quantitative estimate of drug-likeness (QED) is 0.775. The summed E-state index contributed by atoms with van der Waals surface area (Å²) in [5.41, 5.74) is 3.53. The molecule has 0 spiro atoms. The maximum absolute atomic E-state index is 3.53. The summed E-state index contributed by atoms with van der Waals surface area (Å²) in [6.07, 6.45) is 0. The van der Waals surface area contributed by atoms with Crippen LogP contribution in [0.25, 0.3) is 0 Å². The molecule has 0 radical (unpaired) electrons. The Labute approximate surface area is 110 Å². The van der Waals surface area contributed by atoms with Crippen LogP contribution in [0.5, 0.6) is 0 Å². The summed E-state index contributed by atoms with van der Waals surface area (Å²) >= 11 is 8.67. The molecule has 2 rings (SSSR count). The Kier molecular flexibility index (Phi) is 3.49. The predicted molar refractivity (Wildman–Crippen MR) is 74.2 cm³/mol. The van der Waals surface area contributed by atoms with Crippen LogP contribution in [0.2, 0.25) is 0 Å². The standard InChI is InChI=1S/C11H9Br2NS/c1-7-5-15-6-11(7)14-10-3-2-8(12)4-9(10)13/h2-6,14H,1H3. The molecule has 0 aliphatic heterocycles. The van der Waals surface area contributed by atoms with Gasteiger partial charge in [0, 0.05) is 14.3 Å². The zero-order valence-electron chi connectivity index (χ0n) is 8.05. The molecule has 0 bridgehead atoms. The highest BCUT2D eigenvalue weighted by Crippen LogP contribution is 2.31. The summed E-state index contributed by atoms with van der Waals surface area (Å²) < 4.78 is 2.13. The Balaban J connectivity index is 2.29. The maximum atomic E-state index is 3.53. The number of hydrogen-bond acceptors (Lipinski definition) is 2. The van der Waals surface area contributed by atoms with Gasteiger partial charge in [0.2, 0.25) is 0 Å². The van der Waals surface area contributed by atoms with Gasteiger partial charge in [0.15, 0.2) is 0 Å². The fourth-order valence-electron chi connectivity index (χ4n) is 1.22. The Hall–Kier alpha value is -0.320. The first-order valence-corrected chi connectivity index (χ1v) is 6.94. The van der Waals surface area contributed by atoms with E-state index in [0.717, 1.165) is 14.6 Å². The van der Waals surface area contributed by atoms with Gasteiger partial charge in [-0.2, -0.15) is 0 Å². The lowest BCUT2D eigenvalue weighted by Crippen LogP contribution is -1.90. The second-order valence-corrected chi connectivity index (χ2v) is 5.73. The molecular weight excluding hydrogens is 338 g/mol. The summed E-state index contributed by atoms with van der Waals surface area (Å²) in [6, 6.07) is 6.10. The van der Waals surface area contributed by atoms with Crippen molar-refractivity contribution in [1.82, 2.24) is 0 Å². The lowest BCUT2D eigenvalue weighted by molar-refractivity contribution is 1.47. The smallest absolute Gasteiger partial charge is 0.0529 e. The van der Waals surface area contributed by atoms with Crippen molar-refractivity contribution in [3.63, 3.8) is 0 Å². The number of thiophene rings is 1. The van der Waals surface area contributed by atoms with E-state index >= 15 is 0 Å². The Morgan fingerprint density at radius 3 is 2.53 bits per heavy atom. The molecule has 0 aliphatic rings. The summed E-state index contributed by atoms with van der Waals surface area (Å²) in [7, 11) is 0. The third-order valence-electron chi connectivity index (χ3n) is 2.06. The van der Waals surface area contributed by atoms with Crippen molar-refractivity contribution < 1.29 is 0 Å². The zero-order chi connectivity index (χ0) is 10.8. The molecule has 0 aliphatic carbocycles. The minimum Gasteiger partial charge on any atom is -0.354 e. The third-order valence-corrected chi connectivity index (χ3v) is 4.07. The van der Waals surface area contributed by atoms with E-state index in [0.29, 0.717) is 0 Å². The van der Waals surface area contributed by atoms with Crippen LogP contribution in [0.15, 0.2) is 37.9 Å². The van der Waals surface area contributed by atoms with Crippen LogP contribution in [0, 0.1) is 6.92 Å². The van der Waals surface area contributed by atoms with Gasteiger partial charge < -0.3 is 5.32 Å². The van der Waals surface area contributed by atoms with Gasteiger partial charge in [-0.15, -0.1) is 11.3 Å². The molecular formula is C11H9Br2NS. The normalized spacial score (nSPS) is 10.3. The van der Waals surface area contributed by atoms with Crippen LogP contribution in [-0.2, 0) is 0 Å². The van der Waals surface area contributed by atoms with E-state index in [4.69, 9.17) is 0 Å². The average Bonchev–Trinajstić information content (AvgIpc) is 2.57. The lowest BCUT2D eigenvalue weighted by Gasteiger charge is -2.08. The van der Waals surface area contributed by atoms with Gasteiger partial charge in [0.05, 0.1) is 11.4 Å². The van der Waals surface area contributed by atoms with Crippen LogP contribution in [0.1, 0.15) is 5.56 Å².